The van der Waals surface area contributed by atoms with E-state index in [1.54, 1.807) is 18.4 Å². The summed E-state index contributed by atoms with van der Waals surface area (Å²) in [5.41, 5.74) is 0.327. The summed E-state index contributed by atoms with van der Waals surface area (Å²) >= 11 is 12.7. The molecule has 3 nitrogen and oxygen atoms in total. The van der Waals surface area contributed by atoms with Crippen molar-refractivity contribution < 1.29 is 12.8 Å². The van der Waals surface area contributed by atoms with Crippen molar-refractivity contribution in [2.24, 2.45) is 0 Å². The second kappa shape index (κ2) is 5.99. The second-order valence-corrected chi connectivity index (χ2v) is 7.77. The molecule has 1 heterocycles. The molecule has 0 saturated carbocycles. The van der Waals surface area contributed by atoms with Crippen LogP contribution < -0.4 is 4.72 Å². The van der Waals surface area contributed by atoms with E-state index < -0.39 is 21.9 Å². The molecule has 0 spiro atoms. The monoisotopic (exact) mass is 353 g/mol. The lowest BCUT2D eigenvalue weighted by atomic mass is 10.1. The second-order valence-electron chi connectivity index (χ2n) is 4.06. The van der Waals surface area contributed by atoms with Crippen molar-refractivity contribution in [2.75, 3.05) is 0 Å². The molecule has 108 valence electrons. The van der Waals surface area contributed by atoms with Crippen LogP contribution in [0.2, 0.25) is 10.0 Å². The number of nitrogens with one attached hydrogen (secondary N) is 1. The molecule has 0 fully saturated rings. The number of rotatable bonds is 4. The molecule has 0 bridgehead atoms. The lowest BCUT2D eigenvalue weighted by Gasteiger charge is -2.15. The van der Waals surface area contributed by atoms with Gasteiger partial charge in [0.25, 0.3) is 10.0 Å². The fraction of sp³-hybridized carbons (Fsp3) is 0.167. The van der Waals surface area contributed by atoms with E-state index >= 15 is 0 Å². The summed E-state index contributed by atoms with van der Waals surface area (Å²) in [5, 5.41) is 1.76. The Morgan fingerprint density at radius 3 is 2.60 bits per heavy atom. The first-order valence-corrected chi connectivity index (χ1v) is 8.63. The lowest BCUT2D eigenvalue weighted by Crippen LogP contribution is -2.26. The molecule has 0 aliphatic heterocycles. The standard InChI is InChI=1S/C12H10Cl2FNO2S2/c1-7(8-5-11(15)10(14)6-9(8)13)16-20(17,18)12-3-2-4-19-12/h2-7,16H,1H3/t7-/m1/s1. The van der Waals surface area contributed by atoms with E-state index in [4.69, 9.17) is 23.2 Å². The Labute approximate surface area is 130 Å². The van der Waals surface area contributed by atoms with Gasteiger partial charge in [0.1, 0.15) is 10.0 Å². The van der Waals surface area contributed by atoms with Crippen LogP contribution in [0.5, 0.6) is 0 Å². The zero-order chi connectivity index (χ0) is 14.9. The third-order valence-electron chi connectivity index (χ3n) is 2.60. The third kappa shape index (κ3) is 3.32. The van der Waals surface area contributed by atoms with Gasteiger partial charge in [-0.3, -0.25) is 0 Å². The summed E-state index contributed by atoms with van der Waals surface area (Å²) in [6.45, 7) is 1.58. The topological polar surface area (TPSA) is 46.2 Å². The van der Waals surface area contributed by atoms with E-state index in [9.17, 15) is 12.8 Å². The van der Waals surface area contributed by atoms with Crippen molar-refractivity contribution in [2.45, 2.75) is 17.2 Å². The van der Waals surface area contributed by atoms with E-state index in [0.29, 0.717) is 5.56 Å². The zero-order valence-electron chi connectivity index (χ0n) is 10.2. The summed E-state index contributed by atoms with van der Waals surface area (Å²) in [5.74, 6) is -0.645. The van der Waals surface area contributed by atoms with Gasteiger partial charge in [0, 0.05) is 11.1 Å². The quantitative estimate of drug-likeness (QED) is 0.835. The molecule has 1 aromatic carbocycles. The minimum atomic E-state index is -3.65. The molecule has 20 heavy (non-hydrogen) atoms. The summed E-state index contributed by atoms with van der Waals surface area (Å²) < 4.78 is 40.3. The van der Waals surface area contributed by atoms with Gasteiger partial charge in [-0.2, -0.15) is 0 Å². The van der Waals surface area contributed by atoms with Gasteiger partial charge < -0.3 is 0 Å². The summed E-state index contributed by atoms with van der Waals surface area (Å²) in [6.07, 6.45) is 0. The highest BCUT2D eigenvalue weighted by Crippen LogP contribution is 2.29. The van der Waals surface area contributed by atoms with Crippen molar-refractivity contribution in [1.82, 2.24) is 4.72 Å². The summed E-state index contributed by atoms with van der Waals surface area (Å²) in [6, 6.07) is 4.83. The third-order valence-corrected chi connectivity index (χ3v) is 6.15. The van der Waals surface area contributed by atoms with Crippen LogP contribution >= 0.6 is 34.5 Å². The summed E-state index contributed by atoms with van der Waals surface area (Å²) in [7, 11) is -3.65. The maximum Gasteiger partial charge on any atom is 0.250 e. The van der Waals surface area contributed by atoms with Crippen LogP contribution in [0, 0.1) is 5.82 Å². The highest BCUT2D eigenvalue weighted by molar-refractivity contribution is 7.91. The molecule has 1 aromatic heterocycles. The number of hydrogen-bond acceptors (Lipinski definition) is 3. The minimum Gasteiger partial charge on any atom is -0.206 e. The molecule has 0 unspecified atom stereocenters. The normalized spacial score (nSPS) is 13.4. The molecular weight excluding hydrogens is 344 g/mol. The largest absolute Gasteiger partial charge is 0.250 e. The van der Waals surface area contributed by atoms with Crippen LogP contribution in [0.15, 0.2) is 33.9 Å². The Morgan fingerprint density at radius 1 is 1.30 bits per heavy atom. The van der Waals surface area contributed by atoms with Crippen molar-refractivity contribution in [3.05, 3.63) is 51.1 Å². The first-order valence-electron chi connectivity index (χ1n) is 5.51. The Bertz CT molecular complexity index is 717. The fourth-order valence-electron chi connectivity index (χ4n) is 1.64. The molecule has 0 saturated heterocycles. The molecule has 1 N–H and O–H groups in total. The molecule has 2 rings (SSSR count). The average Bonchev–Trinajstić information content (AvgIpc) is 2.87. The van der Waals surface area contributed by atoms with Crippen LogP contribution in [0.3, 0.4) is 0 Å². The van der Waals surface area contributed by atoms with Crippen molar-refractivity contribution in [3.63, 3.8) is 0 Å². The highest BCUT2D eigenvalue weighted by atomic mass is 35.5. The maximum absolute atomic E-state index is 13.5. The number of halogens is 3. The average molecular weight is 354 g/mol. The number of sulfonamides is 1. The highest BCUT2D eigenvalue weighted by Gasteiger charge is 2.21. The van der Waals surface area contributed by atoms with Gasteiger partial charge in [-0.15, -0.1) is 11.3 Å². The molecule has 0 aliphatic rings. The molecule has 0 amide bonds. The van der Waals surface area contributed by atoms with Crippen molar-refractivity contribution >= 4 is 44.6 Å². The molecule has 2 aromatic rings. The Balaban J connectivity index is 2.29. The fourth-order valence-corrected chi connectivity index (χ4v) is 4.42. The summed E-state index contributed by atoms with van der Waals surface area (Å²) in [4.78, 5) is 0. The molecule has 0 radical (unpaired) electrons. The first kappa shape index (κ1) is 15.7. The first-order chi connectivity index (χ1) is 9.31. The molecular formula is C12H10Cl2FNO2S2. The predicted octanol–water partition coefficient (Wildman–Crippen LogP) is 4.23. The molecule has 1 atom stereocenters. The van der Waals surface area contributed by atoms with Crippen LogP contribution in [-0.4, -0.2) is 8.42 Å². The number of hydrogen-bond donors (Lipinski definition) is 1. The minimum absolute atomic E-state index is 0.105. The van der Waals surface area contributed by atoms with E-state index in [2.05, 4.69) is 4.72 Å². The SMILES string of the molecule is C[C@@H](NS(=O)(=O)c1cccs1)c1cc(F)c(Cl)cc1Cl. The van der Waals surface area contributed by atoms with Gasteiger partial charge in [-0.05, 0) is 36.1 Å². The van der Waals surface area contributed by atoms with Crippen LogP contribution in [0.4, 0.5) is 4.39 Å². The van der Waals surface area contributed by atoms with Crippen molar-refractivity contribution in [1.29, 1.82) is 0 Å². The van der Waals surface area contributed by atoms with Gasteiger partial charge in [0.05, 0.1) is 5.02 Å². The van der Waals surface area contributed by atoms with Crippen LogP contribution in [0.25, 0.3) is 0 Å². The van der Waals surface area contributed by atoms with Gasteiger partial charge in [-0.1, -0.05) is 29.3 Å². The molecule has 8 heteroatoms. The van der Waals surface area contributed by atoms with Gasteiger partial charge in [-0.25, -0.2) is 17.5 Å². The Kier molecular flexibility index (Phi) is 4.71. The van der Waals surface area contributed by atoms with Crippen LogP contribution in [-0.2, 0) is 10.0 Å². The van der Waals surface area contributed by atoms with E-state index in [-0.39, 0.29) is 14.3 Å². The smallest absolute Gasteiger partial charge is 0.206 e. The number of benzene rings is 1. The van der Waals surface area contributed by atoms with Crippen LogP contribution in [0.1, 0.15) is 18.5 Å². The Morgan fingerprint density at radius 2 is 2.00 bits per heavy atom. The number of thiophene rings is 1. The van der Waals surface area contributed by atoms with Gasteiger partial charge >= 0.3 is 0 Å². The van der Waals surface area contributed by atoms with Gasteiger partial charge in [0.15, 0.2) is 0 Å². The van der Waals surface area contributed by atoms with E-state index in [1.807, 2.05) is 0 Å². The van der Waals surface area contributed by atoms with Crippen molar-refractivity contribution in [3.8, 4) is 0 Å². The van der Waals surface area contributed by atoms with Gasteiger partial charge in [0.2, 0.25) is 0 Å². The maximum atomic E-state index is 13.5. The van der Waals surface area contributed by atoms with E-state index in [0.717, 1.165) is 17.4 Å². The molecule has 0 aliphatic carbocycles. The predicted molar refractivity (Wildman–Crippen MR) is 79.5 cm³/mol. The zero-order valence-corrected chi connectivity index (χ0v) is 13.4. The Hall–Kier alpha value is -0.660. The lowest BCUT2D eigenvalue weighted by molar-refractivity contribution is 0.566. The van der Waals surface area contributed by atoms with E-state index in [1.165, 1.54) is 12.1 Å².